The molecule has 0 aromatic heterocycles. The number of aliphatic hydroxyl groups is 1. The molecule has 0 saturated carbocycles. The number of amides is 1. The quantitative estimate of drug-likeness (QED) is 0.360. The number of hydrogen-bond donors (Lipinski definition) is 1. The molecule has 2 aliphatic heterocycles. The average Bonchev–Trinajstić information content (AvgIpc) is 2.53. The van der Waals surface area contributed by atoms with E-state index in [9.17, 15) is 14.7 Å². The molecule has 2 heterocycles. The third kappa shape index (κ3) is 2.95. The van der Waals surface area contributed by atoms with Crippen LogP contribution in [0.3, 0.4) is 0 Å². The highest BCUT2D eigenvalue weighted by atomic mass is 32.2. The molecule has 0 aromatic rings. The Morgan fingerprint density at radius 3 is 2.74 bits per heavy atom. The molecule has 0 bridgehead atoms. The summed E-state index contributed by atoms with van der Waals surface area (Å²) < 4.78 is 6.84. The Labute approximate surface area is 117 Å². The van der Waals surface area contributed by atoms with Crippen LogP contribution in [-0.4, -0.2) is 39.0 Å². The standard InChI is InChI=1S/C13H19NO4S/c1-7(15)11-9-5-8(19-14(9)12(11)17)6-10(16)18-13(2,3)4/h6-7,9,11,15H,5H2,1-4H3/b8-6+/t7-,9-,11-/m1/s1. The lowest BCUT2D eigenvalue weighted by Gasteiger charge is -2.42. The van der Waals surface area contributed by atoms with Crippen LogP contribution < -0.4 is 0 Å². The van der Waals surface area contributed by atoms with Crippen LogP contribution in [0.2, 0.25) is 0 Å². The zero-order valence-electron chi connectivity index (χ0n) is 11.5. The first-order chi connectivity index (χ1) is 8.69. The molecule has 19 heavy (non-hydrogen) atoms. The molecule has 106 valence electrons. The number of rotatable bonds is 2. The van der Waals surface area contributed by atoms with Crippen molar-refractivity contribution in [3.05, 3.63) is 11.0 Å². The smallest absolute Gasteiger partial charge is 0.332 e. The SMILES string of the molecule is C[C@@H](O)[C@H]1C(=O)N2S/C(=C/C(=O)OC(C)(C)C)C[C@H]12. The number of carbonyl (C=O) groups is 2. The van der Waals surface area contributed by atoms with E-state index in [0.717, 1.165) is 4.91 Å². The molecule has 0 radical (unpaired) electrons. The summed E-state index contributed by atoms with van der Waals surface area (Å²) in [5.41, 5.74) is -0.519. The first-order valence-electron chi connectivity index (χ1n) is 6.32. The van der Waals surface area contributed by atoms with Crippen molar-refractivity contribution in [3.8, 4) is 0 Å². The fourth-order valence-corrected chi connectivity index (χ4v) is 3.51. The zero-order valence-corrected chi connectivity index (χ0v) is 12.4. The van der Waals surface area contributed by atoms with Crippen LogP contribution in [-0.2, 0) is 14.3 Å². The summed E-state index contributed by atoms with van der Waals surface area (Å²) >= 11 is 1.28. The fourth-order valence-electron chi connectivity index (χ4n) is 2.31. The van der Waals surface area contributed by atoms with Gasteiger partial charge in [0.1, 0.15) is 5.60 Å². The molecule has 1 N–H and O–H groups in total. The van der Waals surface area contributed by atoms with Crippen LogP contribution in [0.4, 0.5) is 0 Å². The Bertz CT molecular complexity index is 438. The molecule has 2 aliphatic rings. The van der Waals surface area contributed by atoms with Gasteiger partial charge < -0.3 is 9.84 Å². The molecule has 2 saturated heterocycles. The summed E-state index contributed by atoms with van der Waals surface area (Å²) in [4.78, 5) is 24.2. The highest BCUT2D eigenvalue weighted by Gasteiger charge is 2.54. The van der Waals surface area contributed by atoms with Crippen LogP contribution in [0.5, 0.6) is 0 Å². The predicted octanol–water partition coefficient (Wildman–Crippen LogP) is 1.47. The van der Waals surface area contributed by atoms with Crippen LogP contribution >= 0.6 is 11.9 Å². The van der Waals surface area contributed by atoms with Crippen molar-refractivity contribution >= 4 is 23.8 Å². The maximum atomic E-state index is 11.7. The summed E-state index contributed by atoms with van der Waals surface area (Å²) in [6, 6.07) is 0.00573. The Morgan fingerprint density at radius 1 is 1.58 bits per heavy atom. The number of fused-ring (bicyclic) bond motifs is 1. The second-order valence-electron chi connectivity index (χ2n) is 5.94. The van der Waals surface area contributed by atoms with Gasteiger partial charge in [-0.2, -0.15) is 0 Å². The van der Waals surface area contributed by atoms with Crippen molar-refractivity contribution in [2.45, 2.75) is 51.9 Å². The normalized spacial score (nSPS) is 30.1. The van der Waals surface area contributed by atoms with Crippen molar-refractivity contribution in [2.75, 3.05) is 0 Å². The van der Waals surface area contributed by atoms with Crippen molar-refractivity contribution in [1.82, 2.24) is 4.31 Å². The average molecular weight is 285 g/mol. The Kier molecular flexibility index (Phi) is 3.66. The topological polar surface area (TPSA) is 66.8 Å². The van der Waals surface area contributed by atoms with E-state index in [1.165, 1.54) is 18.0 Å². The van der Waals surface area contributed by atoms with E-state index < -0.39 is 17.7 Å². The molecule has 5 nitrogen and oxygen atoms in total. The minimum atomic E-state index is -0.643. The van der Waals surface area contributed by atoms with Crippen LogP contribution in [0, 0.1) is 5.92 Å². The van der Waals surface area contributed by atoms with Crippen molar-refractivity contribution in [2.24, 2.45) is 5.92 Å². The number of esters is 1. The van der Waals surface area contributed by atoms with Gasteiger partial charge in [-0.3, -0.25) is 9.10 Å². The summed E-state index contributed by atoms with van der Waals surface area (Å²) in [7, 11) is 0. The summed E-state index contributed by atoms with van der Waals surface area (Å²) in [6.07, 6.45) is 1.42. The molecular formula is C13H19NO4S. The predicted molar refractivity (Wildman–Crippen MR) is 71.9 cm³/mol. The second-order valence-corrected chi connectivity index (χ2v) is 7.04. The van der Waals surface area contributed by atoms with E-state index in [4.69, 9.17) is 4.74 Å². The van der Waals surface area contributed by atoms with Gasteiger partial charge in [-0.15, -0.1) is 0 Å². The lowest BCUT2D eigenvalue weighted by atomic mass is 9.84. The van der Waals surface area contributed by atoms with Gasteiger partial charge in [0.2, 0.25) is 5.91 Å². The van der Waals surface area contributed by atoms with E-state index in [2.05, 4.69) is 0 Å². The number of nitrogens with zero attached hydrogens (tertiary/aromatic N) is 1. The summed E-state index contributed by atoms with van der Waals surface area (Å²) in [5, 5.41) is 9.54. The number of aliphatic hydroxyl groups excluding tert-OH is 1. The minimum absolute atomic E-state index is 0.00573. The van der Waals surface area contributed by atoms with Gasteiger partial charge in [0, 0.05) is 17.4 Å². The Hall–Kier alpha value is -1.01. The van der Waals surface area contributed by atoms with Gasteiger partial charge in [0.05, 0.1) is 18.1 Å². The molecular weight excluding hydrogens is 266 g/mol. The van der Waals surface area contributed by atoms with Gasteiger partial charge in [-0.25, -0.2) is 4.79 Å². The molecule has 0 unspecified atom stereocenters. The first-order valence-corrected chi connectivity index (χ1v) is 7.09. The minimum Gasteiger partial charge on any atom is -0.457 e. The first kappa shape index (κ1) is 14.4. The lowest BCUT2D eigenvalue weighted by Crippen LogP contribution is -2.58. The lowest BCUT2D eigenvalue weighted by molar-refractivity contribution is -0.151. The molecule has 6 heteroatoms. The van der Waals surface area contributed by atoms with Gasteiger partial charge in [0.25, 0.3) is 0 Å². The Morgan fingerprint density at radius 2 is 2.21 bits per heavy atom. The van der Waals surface area contributed by atoms with E-state index in [0.29, 0.717) is 6.42 Å². The third-order valence-corrected chi connectivity index (χ3v) is 4.22. The van der Waals surface area contributed by atoms with E-state index in [1.807, 2.05) is 20.8 Å². The molecule has 0 aliphatic carbocycles. The summed E-state index contributed by atoms with van der Waals surface area (Å²) in [5.74, 6) is -0.784. The number of carbonyl (C=O) groups excluding carboxylic acids is 2. The molecule has 2 rings (SSSR count). The van der Waals surface area contributed by atoms with Crippen molar-refractivity contribution in [1.29, 1.82) is 0 Å². The van der Waals surface area contributed by atoms with E-state index in [-0.39, 0.29) is 17.9 Å². The highest BCUT2D eigenvalue weighted by molar-refractivity contribution is 8.01. The highest BCUT2D eigenvalue weighted by Crippen LogP contribution is 2.49. The van der Waals surface area contributed by atoms with Crippen LogP contribution in [0.25, 0.3) is 0 Å². The molecule has 2 fully saturated rings. The molecule has 3 atom stereocenters. The third-order valence-electron chi connectivity index (χ3n) is 3.05. The largest absolute Gasteiger partial charge is 0.457 e. The van der Waals surface area contributed by atoms with E-state index >= 15 is 0 Å². The molecule has 0 aromatic carbocycles. The van der Waals surface area contributed by atoms with Crippen molar-refractivity contribution in [3.63, 3.8) is 0 Å². The number of β-lactam (4-membered cyclic amide) rings is 1. The van der Waals surface area contributed by atoms with Crippen LogP contribution in [0.1, 0.15) is 34.1 Å². The van der Waals surface area contributed by atoms with Gasteiger partial charge in [0.15, 0.2) is 0 Å². The molecule has 1 amide bonds. The van der Waals surface area contributed by atoms with Gasteiger partial charge in [-0.05, 0) is 39.6 Å². The van der Waals surface area contributed by atoms with Crippen LogP contribution in [0.15, 0.2) is 11.0 Å². The second kappa shape index (κ2) is 4.83. The monoisotopic (exact) mass is 285 g/mol. The maximum absolute atomic E-state index is 11.7. The van der Waals surface area contributed by atoms with Crippen molar-refractivity contribution < 1.29 is 19.4 Å². The zero-order chi connectivity index (χ0) is 14.4. The number of ether oxygens (including phenoxy) is 1. The van der Waals surface area contributed by atoms with Gasteiger partial charge in [-0.1, -0.05) is 0 Å². The van der Waals surface area contributed by atoms with Gasteiger partial charge >= 0.3 is 5.97 Å². The molecule has 0 spiro atoms. The Balaban J connectivity index is 1.99. The summed E-state index contributed by atoms with van der Waals surface area (Å²) in [6.45, 7) is 7.06. The maximum Gasteiger partial charge on any atom is 0.332 e. The fraction of sp³-hybridized carbons (Fsp3) is 0.692. The van der Waals surface area contributed by atoms with E-state index in [1.54, 1.807) is 11.2 Å². The number of hydrogen-bond acceptors (Lipinski definition) is 5.